The molecule has 0 bridgehead atoms. The Morgan fingerprint density at radius 3 is 2.76 bits per heavy atom. The van der Waals surface area contributed by atoms with Gasteiger partial charge in [0.25, 0.3) is 0 Å². The Kier molecular flexibility index (Phi) is 5.44. The number of ether oxygens (including phenoxy) is 2. The van der Waals surface area contributed by atoms with Crippen LogP contribution in [0.3, 0.4) is 0 Å². The van der Waals surface area contributed by atoms with Gasteiger partial charge in [0.15, 0.2) is 0 Å². The zero-order valence-corrected chi connectivity index (χ0v) is 11.7. The first-order chi connectivity index (χ1) is 8.08. The van der Waals surface area contributed by atoms with Gasteiger partial charge in [0.05, 0.1) is 14.2 Å². The van der Waals surface area contributed by atoms with Crippen LogP contribution >= 0.6 is 15.9 Å². The van der Waals surface area contributed by atoms with Crippen molar-refractivity contribution in [1.82, 2.24) is 5.32 Å². The number of esters is 1. The quantitative estimate of drug-likeness (QED) is 0.846. The summed E-state index contributed by atoms with van der Waals surface area (Å²) in [5.41, 5.74) is 0.984. The van der Waals surface area contributed by atoms with Gasteiger partial charge in [-0.3, -0.25) is 4.79 Å². The number of rotatable bonds is 5. The van der Waals surface area contributed by atoms with Gasteiger partial charge in [-0.1, -0.05) is 15.9 Å². The van der Waals surface area contributed by atoms with Crippen LogP contribution in [0.2, 0.25) is 0 Å². The Morgan fingerprint density at radius 2 is 2.18 bits per heavy atom. The molecule has 0 aliphatic heterocycles. The lowest BCUT2D eigenvalue weighted by atomic mass is 10.2. The smallest absolute Gasteiger partial charge is 0.322 e. The molecule has 0 aliphatic carbocycles. The molecule has 17 heavy (non-hydrogen) atoms. The highest BCUT2D eigenvalue weighted by Gasteiger charge is 2.13. The van der Waals surface area contributed by atoms with E-state index in [1.165, 1.54) is 7.11 Å². The molecule has 1 N–H and O–H groups in total. The van der Waals surface area contributed by atoms with E-state index in [0.717, 1.165) is 15.8 Å². The van der Waals surface area contributed by atoms with Crippen molar-refractivity contribution in [1.29, 1.82) is 0 Å². The number of nitrogens with one attached hydrogen (secondary N) is 1. The van der Waals surface area contributed by atoms with Crippen LogP contribution in [0, 0.1) is 0 Å². The third-order valence-electron chi connectivity index (χ3n) is 2.40. The lowest BCUT2D eigenvalue weighted by molar-refractivity contribution is -0.142. The van der Waals surface area contributed by atoms with Crippen molar-refractivity contribution in [2.75, 3.05) is 14.2 Å². The fourth-order valence-corrected chi connectivity index (χ4v) is 1.82. The van der Waals surface area contributed by atoms with Gasteiger partial charge in [-0.15, -0.1) is 0 Å². The predicted molar refractivity (Wildman–Crippen MR) is 69.0 cm³/mol. The number of hydrogen-bond acceptors (Lipinski definition) is 4. The molecule has 1 rings (SSSR count). The second-order valence-electron chi connectivity index (χ2n) is 3.58. The van der Waals surface area contributed by atoms with Crippen LogP contribution in [-0.2, 0) is 16.1 Å². The summed E-state index contributed by atoms with van der Waals surface area (Å²) in [6, 6.07) is 5.40. The number of methoxy groups -OCH3 is 2. The minimum atomic E-state index is -0.344. The Labute approximate surface area is 109 Å². The van der Waals surface area contributed by atoms with Crippen LogP contribution in [0.15, 0.2) is 22.7 Å². The van der Waals surface area contributed by atoms with Crippen molar-refractivity contribution in [3.8, 4) is 5.75 Å². The number of halogens is 1. The Morgan fingerprint density at radius 1 is 1.47 bits per heavy atom. The molecule has 0 saturated carbocycles. The molecule has 0 radical (unpaired) electrons. The van der Waals surface area contributed by atoms with Crippen LogP contribution in [0.4, 0.5) is 0 Å². The van der Waals surface area contributed by atoms with Crippen molar-refractivity contribution in [2.45, 2.75) is 19.5 Å². The summed E-state index contributed by atoms with van der Waals surface area (Å²) in [6.07, 6.45) is 0. The summed E-state index contributed by atoms with van der Waals surface area (Å²) < 4.78 is 10.9. The molecule has 0 fully saturated rings. The monoisotopic (exact) mass is 301 g/mol. The Hall–Kier alpha value is -1.07. The molecule has 5 heteroatoms. The van der Waals surface area contributed by atoms with E-state index in [2.05, 4.69) is 26.0 Å². The lowest BCUT2D eigenvalue weighted by Gasteiger charge is -2.13. The molecule has 1 aromatic rings. The van der Waals surface area contributed by atoms with E-state index in [1.807, 2.05) is 18.2 Å². The van der Waals surface area contributed by atoms with Crippen LogP contribution < -0.4 is 10.1 Å². The first kappa shape index (κ1) is 14.0. The highest BCUT2D eigenvalue weighted by Crippen LogP contribution is 2.22. The molecule has 0 amide bonds. The first-order valence-corrected chi connectivity index (χ1v) is 6.01. The van der Waals surface area contributed by atoms with Crippen molar-refractivity contribution in [3.63, 3.8) is 0 Å². The average molecular weight is 302 g/mol. The number of hydrogen-bond donors (Lipinski definition) is 1. The third kappa shape index (κ3) is 4.02. The zero-order valence-electron chi connectivity index (χ0n) is 10.1. The molecular weight excluding hydrogens is 286 g/mol. The second kappa shape index (κ2) is 6.61. The van der Waals surface area contributed by atoms with E-state index in [0.29, 0.717) is 6.54 Å². The molecule has 0 saturated heterocycles. The molecule has 1 aromatic carbocycles. The molecule has 1 unspecified atom stereocenters. The number of carbonyl (C=O) groups is 1. The van der Waals surface area contributed by atoms with Crippen molar-refractivity contribution < 1.29 is 14.3 Å². The van der Waals surface area contributed by atoms with E-state index in [1.54, 1.807) is 14.0 Å². The average Bonchev–Trinajstić information content (AvgIpc) is 2.35. The summed E-state index contributed by atoms with van der Waals surface area (Å²) in [6.45, 7) is 2.30. The second-order valence-corrected chi connectivity index (χ2v) is 4.50. The maximum atomic E-state index is 11.2. The van der Waals surface area contributed by atoms with Gasteiger partial charge in [-0.2, -0.15) is 0 Å². The third-order valence-corrected chi connectivity index (χ3v) is 2.89. The highest BCUT2D eigenvalue weighted by molar-refractivity contribution is 9.10. The minimum absolute atomic E-state index is 0.279. The van der Waals surface area contributed by atoms with E-state index in [9.17, 15) is 4.79 Å². The molecule has 94 valence electrons. The SMILES string of the molecule is COC(=O)C(C)NCc1cc(Br)ccc1OC. The van der Waals surface area contributed by atoms with Crippen LogP contribution in [0.1, 0.15) is 12.5 Å². The minimum Gasteiger partial charge on any atom is -0.496 e. The van der Waals surface area contributed by atoms with Gasteiger partial charge in [-0.25, -0.2) is 0 Å². The van der Waals surface area contributed by atoms with Gasteiger partial charge in [0.1, 0.15) is 11.8 Å². The maximum absolute atomic E-state index is 11.2. The van der Waals surface area contributed by atoms with E-state index in [4.69, 9.17) is 4.74 Å². The summed E-state index contributed by atoms with van der Waals surface area (Å²) in [5.74, 6) is 0.511. The summed E-state index contributed by atoms with van der Waals surface area (Å²) in [4.78, 5) is 11.2. The van der Waals surface area contributed by atoms with Crippen LogP contribution in [-0.4, -0.2) is 26.2 Å². The van der Waals surface area contributed by atoms with Gasteiger partial charge < -0.3 is 14.8 Å². The number of benzene rings is 1. The molecular formula is C12H16BrNO3. The Balaban J connectivity index is 2.68. The maximum Gasteiger partial charge on any atom is 0.322 e. The Bertz CT molecular complexity index is 395. The lowest BCUT2D eigenvalue weighted by Crippen LogP contribution is -2.34. The zero-order chi connectivity index (χ0) is 12.8. The highest BCUT2D eigenvalue weighted by atomic mass is 79.9. The standard InChI is InChI=1S/C12H16BrNO3/c1-8(12(15)17-3)14-7-9-6-10(13)4-5-11(9)16-2/h4-6,8,14H,7H2,1-3H3. The van der Waals surface area contributed by atoms with Crippen LogP contribution in [0.25, 0.3) is 0 Å². The van der Waals surface area contributed by atoms with Crippen LogP contribution in [0.5, 0.6) is 5.75 Å². The van der Waals surface area contributed by atoms with Gasteiger partial charge in [-0.05, 0) is 25.1 Å². The van der Waals surface area contributed by atoms with Crippen molar-refractivity contribution in [3.05, 3.63) is 28.2 Å². The first-order valence-electron chi connectivity index (χ1n) is 5.22. The largest absolute Gasteiger partial charge is 0.496 e. The molecule has 0 heterocycles. The van der Waals surface area contributed by atoms with Crippen molar-refractivity contribution >= 4 is 21.9 Å². The summed E-state index contributed by atoms with van der Waals surface area (Å²) in [5, 5.41) is 3.08. The molecule has 4 nitrogen and oxygen atoms in total. The normalized spacial score (nSPS) is 12.0. The molecule has 0 spiro atoms. The van der Waals surface area contributed by atoms with E-state index < -0.39 is 0 Å². The van der Waals surface area contributed by atoms with Gasteiger partial charge in [0.2, 0.25) is 0 Å². The van der Waals surface area contributed by atoms with Crippen molar-refractivity contribution in [2.24, 2.45) is 0 Å². The van der Waals surface area contributed by atoms with Gasteiger partial charge >= 0.3 is 5.97 Å². The van der Waals surface area contributed by atoms with Gasteiger partial charge in [0, 0.05) is 16.6 Å². The fraction of sp³-hybridized carbons (Fsp3) is 0.417. The van der Waals surface area contributed by atoms with E-state index in [-0.39, 0.29) is 12.0 Å². The topological polar surface area (TPSA) is 47.6 Å². The predicted octanol–water partition coefficient (Wildman–Crippen LogP) is 2.11. The molecule has 0 aliphatic rings. The molecule has 1 atom stereocenters. The fourth-order valence-electron chi connectivity index (χ4n) is 1.41. The van der Waals surface area contributed by atoms with E-state index >= 15 is 0 Å². The number of carbonyl (C=O) groups excluding carboxylic acids is 1. The summed E-state index contributed by atoms with van der Waals surface area (Å²) in [7, 11) is 3.00. The summed E-state index contributed by atoms with van der Waals surface area (Å²) >= 11 is 3.40. The molecule has 0 aromatic heterocycles.